The fourth-order valence-electron chi connectivity index (χ4n) is 1.47. The van der Waals surface area contributed by atoms with Crippen molar-refractivity contribution in [3.05, 3.63) is 18.5 Å². The van der Waals surface area contributed by atoms with Crippen LogP contribution in [0.3, 0.4) is 0 Å². The Hall–Kier alpha value is -2.15. The van der Waals surface area contributed by atoms with Gasteiger partial charge in [0.05, 0.1) is 6.33 Å². The molecule has 5 N–H and O–H groups in total. The van der Waals surface area contributed by atoms with E-state index in [-0.39, 0.29) is 11.8 Å². The number of nitrogens with two attached hydrogens (primary N) is 2. The molecular formula is C10H14N6O. The average molecular weight is 234 g/mol. The van der Waals surface area contributed by atoms with E-state index in [1.165, 1.54) is 6.33 Å². The van der Waals surface area contributed by atoms with Gasteiger partial charge in [0.25, 0.3) is 0 Å². The third kappa shape index (κ3) is 2.34. The smallest absolute Gasteiger partial charge is 0.249 e. The number of hydrogen-bond donors (Lipinski definition) is 3. The topological polar surface area (TPSA) is 116 Å². The summed E-state index contributed by atoms with van der Waals surface area (Å²) in [7, 11) is 0. The fourth-order valence-corrected chi connectivity index (χ4v) is 1.47. The van der Waals surface area contributed by atoms with E-state index in [0.29, 0.717) is 11.2 Å². The van der Waals surface area contributed by atoms with Gasteiger partial charge in [-0.15, -0.1) is 0 Å². The summed E-state index contributed by atoms with van der Waals surface area (Å²) in [5.41, 5.74) is 11.5. The van der Waals surface area contributed by atoms with Crippen molar-refractivity contribution in [1.82, 2.24) is 19.9 Å². The van der Waals surface area contributed by atoms with Crippen molar-refractivity contribution < 1.29 is 4.74 Å². The van der Waals surface area contributed by atoms with Gasteiger partial charge in [-0.3, -0.25) is 5.73 Å². The van der Waals surface area contributed by atoms with Crippen molar-refractivity contribution in [3.63, 3.8) is 0 Å². The molecule has 0 bridgehead atoms. The number of nitrogens with zero attached hydrogens (tertiary/aromatic N) is 3. The number of nitrogens with one attached hydrogen (secondary N) is 1. The van der Waals surface area contributed by atoms with E-state index in [1.807, 2.05) is 6.92 Å². The minimum atomic E-state index is -0.971. The van der Waals surface area contributed by atoms with E-state index in [2.05, 4.69) is 19.9 Å². The quantitative estimate of drug-likeness (QED) is 0.528. The molecule has 0 fully saturated rings. The maximum atomic E-state index is 5.92. The Morgan fingerprint density at radius 3 is 2.94 bits per heavy atom. The van der Waals surface area contributed by atoms with E-state index in [9.17, 15) is 0 Å². The van der Waals surface area contributed by atoms with Crippen LogP contribution >= 0.6 is 0 Å². The molecule has 1 unspecified atom stereocenters. The lowest BCUT2D eigenvalue weighted by atomic mass is 10.2. The summed E-state index contributed by atoms with van der Waals surface area (Å²) in [6.07, 6.45) is 5.01. The molecule has 0 saturated carbocycles. The first kappa shape index (κ1) is 11.3. The van der Waals surface area contributed by atoms with Crippen molar-refractivity contribution in [2.45, 2.75) is 19.6 Å². The number of H-pyrrole nitrogens is 1. The van der Waals surface area contributed by atoms with E-state index >= 15 is 0 Å². The van der Waals surface area contributed by atoms with Crippen LogP contribution in [0.2, 0.25) is 0 Å². The molecule has 2 rings (SSSR count). The van der Waals surface area contributed by atoms with Crippen LogP contribution < -0.4 is 16.2 Å². The highest BCUT2D eigenvalue weighted by molar-refractivity contribution is 5.76. The molecule has 0 amide bonds. The predicted molar refractivity (Wildman–Crippen MR) is 64.1 cm³/mol. The monoisotopic (exact) mass is 234 g/mol. The van der Waals surface area contributed by atoms with Crippen molar-refractivity contribution >= 4 is 17.1 Å². The predicted octanol–water partition coefficient (Wildman–Crippen LogP) is 0.565. The Kier molecular flexibility index (Phi) is 2.68. The van der Waals surface area contributed by atoms with Crippen LogP contribution in [0.25, 0.3) is 11.2 Å². The maximum Gasteiger partial charge on any atom is 0.249 e. The highest BCUT2D eigenvalue weighted by Crippen LogP contribution is 2.22. The number of ether oxygens (including phenoxy) is 1. The van der Waals surface area contributed by atoms with Gasteiger partial charge in [-0.05, 0) is 19.9 Å². The van der Waals surface area contributed by atoms with Crippen molar-refractivity contribution in [2.75, 3.05) is 5.73 Å². The molecular weight excluding hydrogens is 220 g/mol. The van der Waals surface area contributed by atoms with E-state index < -0.39 is 5.72 Å². The second-order valence-corrected chi connectivity index (χ2v) is 3.77. The number of aromatic amines is 1. The van der Waals surface area contributed by atoms with Gasteiger partial charge in [-0.1, -0.05) is 6.08 Å². The van der Waals surface area contributed by atoms with E-state index in [0.717, 1.165) is 0 Å². The van der Waals surface area contributed by atoms with Gasteiger partial charge in [0.1, 0.15) is 0 Å². The van der Waals surface area contributed by atoms with Gasteiger partial charge in [0.2, 0.25) is 11.8 Å². The molecule has 0 aliphatic carbocycles. The second-order valence-electron chi connectivity index (χ2n) is 3.77. The lowest BCUT2D eigenvalue weighted by molar-refractivity contribution is 0.143. The number of nitrogen functional groups attached to an aromatic ring is 1. The number of imidazole rings is 1. The van der Waals surface area contributed by atoms with Crippen molar-refractivity contribution in [3.8, 4) is 5.88 Å². The zero-order valence-corrected chi connectivity index (χ0v) is 9.64. The van der Waals surface area contributed by atoms with Crippen LogP contribution in [0, 0.1) is 0 Å². The number of hydrogen-bond acceptors (Lipinski definition) is 6. The fraction of sp³-hybridized carbons (Fsp3) is 0.300. The average Bonchev–Trinajstić information content (AvgIpc) is 2.64. The SMILES string of the molecule is C/C=C\C(C)(N)Oc1nc(N)nc2[nH]cnc12. The van der Waals surface area contributed by atoms with Crippen molar-refractivity contribution in [2.24, 2.45) is 5.73 Å². The molecule has 0 spiro atoms. The number of anilines is 1. The molecule has 2 heterocycles. The third-order valence-electron chi connectivity index (χ3n) is 2.08. The second kappa shape index (κ2) is 4.02. The Balaban J connectivity index is 2.44. The Morgan fingerprint density at radius 2 is 2.24 bits per heavy atom. The molecule has 17 heavy (non-hydrogen) atoms. The van der Waals surface area contributed by atoms with Crippen LogP contribution in [-0.2, 0) is 0 Å². The zero-order chi connectivity index (χ0) is 12.5. The van der Waals surface area contributed by atoms with Crippen LogP contribution in [0.5, 0.6) is 5.88 Å². The minimum Gasteiger partial charge on any atom is -0.451 e. The van der Waals surface area contributed by atoms with E-state index in [1.54, 1.807) is 19.1 Å². The summed E-state index contributed by atoms with van der Waals surface area (Å²) in [5.74, 6) is 0.366. The first-order chi connectivity index (χ1) is 8.02. The van der Waals surface area contributed by atoms with Gasteiger partial charge >= 0.3 is 0 Å². The lowest BCUT2D eigenvalue weighted by Crippen LogP contribution is -2.40. The molecule has 0 saturated heterocycles. The molecule has 2 aromatic heterocycles. The van der Waals surface area contributed by atoms with Gasteiger partial charge in [0.15, 0.2) is 16.9 Å². The third-order valence-corrected chi connectivity index (χ3v) is 2.08. The van der Waals surface area contributed by atoms with Crippen LogP contribution in [0.4, 0.5) is 5.95 Å². The lowest BCUT2D eigenvalue weighted by Gasteiger charge is -2.21. The molecule has 2 aromatic rings. The number of allylic oxidation sites excluding steroid dienone is 1. The molecule has 0 aromatic carbocycles. The zero-order valence-electron chi connectivity index (χ0n) is 9.64. The molecule has 1 atom stereocenters. The number of rotatable bonds is 3. The molecule has 7 nitrogen and oxygen atoms in total. The van der Waals surface area contributed by atoms with Crippen LogP contribution in [0.15, 0.2) is 18.5 Å². The number of aromatic nitrogens is 4. The van der Waals surface area contributed by atoms with Gasteiger partial charge in [0, 0.05) is 0 Å². The number of fused-ring (bicyclic) bond motifs is 1. The highest BCUT2D eigenvalue weighted by Gasteiger charge is 2.20. The summed E-state index contributed by atoms with van der Waals surface area (Å²) in [6.45, 7) is 3.57. The summed E-state index contributed by atoms with van der Waals surface area (Å²) in [5, 5.41) is 0. The Bertz CT molecular complexity index is 559. The van der Waals surface area contributed by atoms with Gasteiger partial charge < -0.3 is 15.5 Å². The molecule has 7 heteroatoms. The van der Waals surface area contributed by atoms with Crippen LogP contribution in [0.1, 0.15) is 13.8 Å². The molecule has 90 valence electrons. The maximum absolute atomic E-state index is 5.92. The Morgan fingerprint density at radius 1 is 1.47 bits per heavy atom. The van der Waals surface area contributed by atoms with Gasteiger partial charge in [-0.25, -0.2) is 4.98 Å². The minimum absolute atomic E-state index is 0.105. The summed E-state index contributed by atoms with van der Waals surface area (Å²) in [4.78, 5) is 14.9. The largest absolute Gasteiger partial charge is 0.451 e. The van der Waals surface area contributed by atoms with Gasteiger partial charge in [-0.2, -0.15) is 9.97 Å². The Labute approximate surface area is 97.9 Å². The molecule has 0 radical (unpaired) electrons. The normalized spacial score (nSPS) is 15.2. The summed E-state index contributed by atoms with van der Waals surface area (Å²) >= 11 is 0. The summed E-state index contributed by atoms with van der Waals surface area (Å²) < 4.78 is 5.57. The first-order valence-corrected chi connectivity index (χ1v) is 5.10. The molecule has 0 aliphatic rings. The van der Waals surface area contributed by atoms with Crippen LogP contribution in [-0.4, -0.2) is 25.7 Å². The summed E-state index contributed by atoms with van der Waals surface area (Å²) in [6, 6.07) is 0. The highest BCUT2D eigenvalue weighted by atomic mass is 16.5. The first-order valence-electron chi connectivity index (χ1n) is 5.10. The van der Waals surface area contributed by atoms with E-state index in [4.69, 9.17) is 16.2 Å². The van der Waals surface area contributed by atoms with Crippen molar-refractivity contribution in [1.29, 1.82) is 0 Å². The molecule has 0 aliphatic heterocycles. The standard InChI is InChI=1S/C10H14N6O/c1-3-4-10(2,12)17-8-6-7(14-5-13-6)15-9(11)16-8/h3-5H,12H2,1-2H3,(H3,11,13,14,15,16)/b4-3-.